The normalized spacial score (nSPS) is 14.1. The van der Waals surface area contributed by atoms with Crippen molar-refractivity contribution in [1.82, 2.24) is 0 Å². The number of carbonyl (C=O) groups excluding carboxylic acids is 1. The van der Waals surface area contributed by atoms with Crippen molar-refractivity contribution < 1.29 is 4.79 Å². The lowest BCUT2D eigenvalue weighted by atomic mass is 9.95. The number of nitrogens with two attached hydrogens (primary N) is 2. The molecule has 0 aliphatic carbocycles. The molecule has 0 aliphatic rings. The Bertz CT molecular complexity index is 386. The van der Waals surface area contributed by atoms with E-state index in [0.717, 1.165) is 25.7 Å². The molecule has 3 nitrogen and oxygen atoms in total. The first-order chi connectivity index (χ1) is 9.04. The van der Waals surface area contributed by atoms with Crippen LogP contribution in [0.25, 0.3) is 0 Å². The Balaban J connectivity index is 2.44. The SMILES string of the molecule is CCC(C)c1ccc(C(N)CCCCC(N)=O)cc1. The summed E-state index contributed by atoms with van der Waals surface area (Å²) in [7, 11) is 0. The van der Waals surface area contributed by atoms with E-state index >= 15 is 0 Å². The van der Waals surface area contributed by atoms with Crippen LogP contribution in [0.1, 0.15) is 69.0 Å². The van der Waals surface area contributed by atoms with Crippen LogP contribution in [0, 0.1) is 0 Å². The average molecular weight is 262 g/mol. The van der Waals surface area contributed by atoms with E-state index in [4.69, 9.17) is 11.5 Å². The summed E-state index contributed by atoms with van der Waals surface area (Å²) in [4.78, 5) is 10.6. The largest absolute Gasteiger partial charge is 0.370 e. The van der Waals surface area contributed by atoms with Gasteiger partial charge in [0.1, 0.15) is 0 Å². The monoisotopic (exact) mass is 262 g/mol. The van der Waals surface area contributed by atoms with E-state index in [1.54, 1.807) is 0 Å². The zero-order chi connectivity index (χ0) is 14.3. The maximum absolute atomic E-state index is 10.6. The first-order valence-electron chi connectivity index (χ1n) is 7.18. The van der Waals surface area contributed by atoms with E-state index in [1.807, 2.05) is 0 Å². The second kappa shape index (κ2) is 7.95. The molecule has 0 fully saturated rings. The number of amides is 1. The van der Waals surface area contributed by atoms with Gasteiger partial charge >= 0.3 is 0 Å². The molecule has 2 atom stereocenters. The van der Waals surface area contributed by atoms with Crippen LogP contribution in [0.2, 0.25) is 0 Å². The molecule has 0 saturated carbocycles. The molecule has 0 heterocycles. The van der Waals surface area contributed by atoms with E-state index in [1.165, 1.54) is 11.1 Å². The maximum Gasteiger partial charge on any atom is 0.217 e. The van der Waals surface area contributed by atoms with Crippen molar-refractivity contribution >= 4 is 5.91 Å². The van der Waals surface area contributed by atoms with E-state index in [2.05, 4.69) is 38.1 Å². The number of benzene rings is 1. The van der Waals surface area contributed by atoms with Crippen LogP contribution >= 0.6 is 0 Å². The van der Waals surface area contributed by atoms with Crippen LogP contribution in [0.5, 0.6) is 0 Å². The van der Waals surface area contributed by atoms with E-state index in [-0.39, 0.29) is 11.9 Å². The lowest BCUT2D eigenvalue weighted by molar-refractivity contribution is -0.118. The fourth-order valence-electron chi connectivity index (χ4n) is 2.14. The maximum atomic E-state index is 10.6. The summed E-state index contributed by atoms with van der Waals surface area (Å²) in [5.74, 6) is 0.368. The van der Waals surface area contributed by atoms with Gasteiger partial charge in [0, 0.05) is 12.5 Å². The van der Waals surface area contributed by atoms with Crippen LogP contribution in [0.15, 0.2) is 24.3 Å². The second-order valence-electron chi connectivity index (χ2n) is 5.29. The predicted molar refractivity (Wildman–Crippen MR) is 79.7 cm³/mol. The lowest BCUT2D eigenvalue weighted by Crippen LogP contribution is -2.12. The Kier molecular flexibility index (Phi) is 6.57. The van der Waals surface area contributed by atoms with Gasteiger partial charge in [-0.05, 0) is 36.3 Å². The summed E-state index contributed by atoms with van der Waals surface area (Å²) < 4.78 is 0. The van der Waals surface area contributed by atoms with Gasteiger partial charge in [-0.25, -0.2) is 0 Å². The Morgan fingerprint density at radius 3 is 2.26 bits per heavy atom. The number of hydrogen-bond acceptors (Lipinski definition) is 2. The van der Waals surface area contributed by atoms with Crippen LogP contribution in [0.4, 0.5) is 0 Å². The summed E-state index contributed by atoms with van der Waals surface area (Å²) in [6.45, 7) is 4.43. The van der Waals surface area contributed by atoms with Crippen LogP contribution in [0.3, 0.4) is 0 Å². The van der Waals surface area contributed by atoms with Gasteiger partial charge < -0.3 is 11.5 Å². The highest BCUT2D eigenvalue weighted by molar-refractivity contribution is 5.73. The second-order valence-corrected chi connectivity index (χ2v) is 5.29. The summed E-state index contributed by atoms with van der Waals surface area (Å²) in [5, 5.41) is 0. The molecule has 1 aromatic carbocycles. The van der Waals surface area contributed by atoms with E-state index in [0.29, 0.717) is 12.3 Å². The molecule has 3 heteroatoms. The Labute approximate surface area is 116 Å². The summed E-state index contributed by atoms with van der Waals surface area (Å²) >= 11 is 0. The summed E-state index contributed by atoms with van der Waals surface area (Å²) in [5.41, 5.74) is 13.8. The third-order valence-electron chi connectivity index (χ3n) is 3.73. The van der Waals surface area contributed by atoms with Gasteiger partial charge in [0.2, 0.25) is 5.91 Å². The molecule has 0 radical (unpaired) electrons. The molecule has 2 unspecified atom stereocenters. The molecular formula is C16H26N2O. The van der Waals surface area contributed by atoms with Gasteiger partial charge in [-0.15, -0.1) is 0 Å². The van der Waals surface area contributed by atoms with Crippen molar-refractivity contribution in [2.24, 2.45) is 11.5 Å². The molecule has 4 N–H and O–H groups in total. The molecule has 0 spiro atoms. The van der Waals surface area contributed by atoms with Crippen molar-refractivity contribution in [3.8, 4) is 0 Å². The van der Waals surface area contributed by atoms with Gasteiger partial charge in [0.05, 0.1) is 0 Å². The highest BCUT2D eigenvalue weighted by atomic mass is 16.1. The lowest BCUT2D eigenvalue weighted by Gasteiger charge is -2.14. The number of carbonyl (C=O) groups is 1. The van der Waals surface area contributed by atoms with Gasteiger partial charge in [-0.3, -0.25) is 4.79 Å². The first-order valence-corrected chi connectivity index (χ1v) is 7.18. The Morgan fingerprint density at radius 2 is 1.74 bits per heavy atom. The number of rotatable bonds is 8. The van der Waals surface area contributed by atoms with Crippen molar-refractivity contribution in [2.75, 3.05) is 0 Å². The van der Waals surface area contributed by atoms with Crippen LogP contribution < -0.4 is 11.5 Å². The van der Waals surface area contributed by atoms with E-state index < -0.39 is 0 Å². The zero-order valence-corrected chi connectivity index (χ0v) is 12.1. The Hall–Kier alpha value is -1.35. The minimum Gasteiger partial charge on any atom is -0.370 e. The standard InChI is InChI=1S/C16H26N2O/c1-3-12(2)13-8-10-14(11-9-13)15(17)6-4-5-7-16(18)19/h8-12,15H,3-7,17H2,1-2H3,(H2,18,19). The minimum absolute atomic E-state index is 0.0545. The molecule has 0 aromatic heterocycles. The van der Waals surface area contributed by atoms with Gasteiger partial charge in [-0.2, -0.15) is 0 Å². The molecule has 1 amide bonds. The fourth-order valence-corrected chi connectivity index (χ4v) is 2.14. The number of hydrogen-bond donors (Lipinski definition) is 2. The highest BCUT2D eigenvalue weighted by Gasteiger charge is 2.08. The Morgan fingerprint density at radius 1 is 1.16 bits per heavy atom. The highest BCUT2D eigenvalue weighted by Crippen LogP contribution is 2.22. The third-order valence-corrected chi connectivity index (χ3v) is 3.73. The van der Waals surface area contributed by atoms with Gasteiger partial charge in [0.25, 0.3) is 0 Å². The molecular weight excluding hydrogens is 236 g/mol. The number of primary amides is 1. The quantitative estimate of drug-likeness (QED) is 0.706. The van der Waals surface area contributed by atoms with Gasteiger partial charge in [0.15, 0.2) is 0 Å². The summed E-state index contributed by atoms with van der Waals surface area (Å²) in [6, 6.07) is 8.65. The average Bonchev–Trinajstić information content (AvgIpc) is 2.42. The van der Waals surface area contributed by atoms with Crippen molar-refractivity contribution in [3.05, 3.63) is 35.4 Å². The van der Waals surface area contributed by atoms with Crippen molar-refractivity contribution in [3.63, 3.8) is 0 Å². The number of unbranched alkanes of at least 4 members (excludes halogenated alkanes) is 1. The summed E-state index contributed by atoms with van der Waals surface area (Å²) in [6.07, 6.45) is 4.28. The fraction of sp³-hybridized carbons (Fsp3) is 0.562. The molecule has 0 saturated heterocycles. The van der Waals surface area contributed by atoms with Crippen LogP contribution in [-0.2, 0) is 4.79 Å². The van der Waals surface area contributed by atoms with E-state index in [9.17, 15) is 4.79 Å². The molecule has 106 valence electrons. The zero-order valence-electron chi connectivity index (χ0n) is 12.1. The first kappa shape index (κ1) is 15.7. The van der Waals surface area contributed by atoms with Gasteiger partial charge in [-0.1, -0.05) is 44.5 Å². The smallest absolute Gasteiger partial charge is 0.217 e. The van der Waals surface area contributed by atoms with Crippen molar-refractivity contribution in [2.45, 2.75) is 57.9 Å². The van der Waals surface area contributed by atoms with Crippen LogP contribution in [-0.4, -0.2) is 5.91 Å². The molecule has 1 rings (SSSR count). The molecule has 1 aromatic rings. The molecule has 0 bridgehead atoms. The minimum atomic E-state index is -0.230. The van der Waals surface area contributed by atoms with Crippen molar-refractivity contribution in [1.29, 1.82) is 0 Å². The molecule has 19 heavy (non-hydrogen) atoms. The predicted octanol–water partition coefficient (Wildman–Crippen LogP) is 3.25. The molecule has 0 aliphatic heterocycles. The third kappa shape index (κ3) is 5.43. The topological polar surface area (TPSA) is 69.1 Å².